The second kappa shape index (κ2) is 5.50. The van der Waals surface area contributed by atoms with E-state index in [9.17, 15) is 4.79 Å². The average Bonchev–Trinajstić information content (AvgIpc) is 2.97. The van der Waals surface area contributed by atoms with Gasteiger partial charge in [-0.25, -0.2) is 0 Å². The van der Waals surface area contributed by atoms with E-state index >= 15 is 0 Å². The van der Waals surface area contributed by atoms with Crippen molar-refractivity contribution >= 4 is 43.4 Å². The van der Waals surface area contributed by atoms with E-state index in [1.807, 2.05) is 49.4 Å². The van der Waals surface area contributed by atoms with Gasteiger partial charge in [-0.15, -0.1) is 0 Å². The number of para-hydroxylation sites is 1. The second-order valence-electron chi connectivity index (χ2n) is 6.13. The van der Waals surface area contributed by atoms with Crippen LogP contribution in [0, 0.1) is 10.2 Å². The summed E-state index contributed by atoms with van der Waals surface area (Å²) in [5.74, 6) is 0.0191. The summed E-state index contributed by atoms with van der Waals surface area (Å²) in [5.41, 5.74) is 3.02. The Morgan fingerprint density at radius 2 is 2.04 bits per heavy atom. The third-order valence-corrected chi connectivity index (χ3v) is 6.68. The molecule has 1 unspecified atom stereocenters. The fourth-order valence-electron chi connectivity index (χ4n) is 3.45. The first-order valence-electron chi connectivity index (χ1n) is 7.53. The molecule has 0 aliphatic carbocycles. The van der Waals surface area contributed by atoms with Gasteiger partial charge in [0, 0.05) is 0 Å². The summed E-state index contributed by atoms with van der Waals surface area (Å²) in [6, 6.07) is 15.7. The minimum absolute atomic E-state index is 0.0191. The SMILES string of the molecule is CC1(C[Se]C#N)C(=O)n2c(cc3ccccc32)-c2ccc(Cl)cc21. The first-order valence-corrected chi connectivity index (χ1v) is 9.97. The number of aromatic nitrogens is 1. The van der Waals surface area contributed by atoms with Gasteiger partial charge in [-0.3, -0.25) is 0 Å². The molecular weight excluding hydrogens is 387 g/mol. The zero-order chi connectivity index (χ0) is 16.9. The number of nitrogens with zero attached hydrogens (tertiary/aromatic N) is 2. The minimum atomic E-state index is -0.731. The van der Waals surface area contributed by atoms with Crippen LogP contribution in [0.3, 0.4) is 0 Å². The predicted molar refractivity (Wildman–Crippen MR) is 96.5 cm³/mol. The van der Waals surface area contributed by atoms with Crippen molar-refractivity contribution in [1.29, 1.82) is 5.26 Å². The van der Waals surface area contributed by atoms with Crippen LogP contribution < -0.4 is 0 Å². The number of halogens is 1. The first-order chi connectivity index (χ1) is 11.6. The molecule has 0 saturated carbocycles. The average molecular weight is 400 g/mol. The predicted octanol–water partition coefficient (Wildman–Crippen LogP) is 4.48. The van der Waals surface area contributed by atoms with Gasteiger partial charge in [-0.1, -0.05) is 0 Å². The molecule has 0 fully saturated rings. The number of rotatable bonds is 2. The van der Waals surface area contributed by atoms with Crippen molar-refractivity contribution in [2.24, 2.45) is 0 Å². The number of carbonyl (C=O) groups excluding carboxylic acids is 1. The van der Waals surface area contributed by atoms with Crippen LogP contribution in [0.5, 0.6) is 0 Å². The number of benzene rings is 2. The van der Waals surface area contributed by atoms with Crippen LogP contribution in [-0.4, -0.2) is 25.4 Å². The zero-order valence-electron chi connectivity index (χ0n) is 12.9. The normalized spacial score (nSPS) is 19.0. The van der Waals surface area contributed by atoms with Crippen molar-refractivity contribution in [3.05, 3.63) is 59.1 Å². The third-order valence-electron chi connectivity index (χ3n) is 4.66. The van der Waals surface area contributed by atoms with Gasteiger partial charge in [0.2, 0.25) is 0 Å². The van der Waals surface area contributed by atoms with Gasteiger partial charge in [-0.05, 0) is 0 Å². The monoisotopic (exact) mass is 400 g/mol. The van der Waals surface area contributed by atoms with Crippen LogP contribution in [0.15, 0.2) is 48.5 Å². The summed E-state index contributed by atoms with van der Waals surface area (Å²) in [4.78, 5) is 15.6. The van der Waals surface area contributed by atoms with Crippen molar-refractivity contribution in [2.45, 2.75) is 17.7 Å². The second-order valence-corrected chi connectivity index (χ2v) is 8.16. The molecule has 0 amide bonds. The van der Waals surface area contributed by atoms with Gasteiger partial charge in [0.05, 0.1) is 0 Å². The summed E-state index contributed by atoms with van der Waals surface area (Å²) in [5, 5.41) is 11.2. The molecular formula is C19H13ClN2OSe. The van der Waals surface area contributed by atoms with E-state index in [0.29, 0.717) is 10.3 Å². The van der Waals surface area contributed by atoms with Gasteiger partial charge in [0.15, 0.2) is 0 Å². The van der Waals surface area contributed by atoms with E-state index in [1.165, 1.54) is 0 Å². The summed E-state index contributed by atoms with van der Waals surface area (Å²) in [7, 11) is 0. The van der Waals surface area contributed by atoms with Crippen molar-refractivity contribution in [1.82, 2.24) is 4.57 Å². The summed E-state index contributed by atoms with van der Waals surface area (Å²) in [6.07, 6.45) is 0. The van der Waals surface area contributed by atoms with E-state index < -0.39 is 5.41 Å². The van der Waals surface area contributed by atoms with Crippen molar-refractivity contribution < 1.29 is 4.79 Å². The van der Waals surface area contributed by atoms with E-state index in [-0.39, 0.29) is 20.9 Å². The molecule has 3 aromatic rings. The molecule has 5 heteroatoms. The molecule has 2 aromatic carbocycles. The van der Waals surface area contributed by atoms with E-state index in [1.54, 1.807) is 4.57 Å². The number of hydrogen-bond acceptors (Lipinski definition) is 2. The molecule has 118 valence electrons. The molecule has 1 atom stereocenters. The molecule has 24 heavy (non-hydrogen) atoms. The van der Waals surface area contributed by atoms with Crippen molar-refractivity contribution in [3.8, 4) is 16.2 Å². The van der Waals surface area contributed by atoms with Gasteiger partial charge >= 0.3 is 151 Å². The van der Waals surface area contributed by atoms with Gasteiger partial charge in [0.1, 0.15) is 0 Å². The Hall–Kier alpha value is -2.05. The maximum atomic E-state index is 13.4. The number of nitriles is 1. The topological polar surface area (TPSA) is 45.8 Å². The molecule has 0 bridgehead atoms. The molecule has 3 nitrogen and oxygen atoms in total. The Labute approximate surface area is 151 Å². The van der Waals surface area contributed by atoms with E-state index in [2.05, 4.69) is 11.0 Å². The quantitative estimate of drug-likeness (QED) is 0.597. The Morgan fingerprint density at radius 1 is 1.25 bits per heavy atom. The molecule has 2 heterocycles. The molecule has 0 spiro atoms. The standard InChI is InChI=1S/C19H13ClN2OSe/c1-19(10-24-11-21)15-9-13(20)6-7-14(15)17-8-12-4-2-3-5-16(12)22(17)18(19)23/h2-9H,10H2,1H3. The summed E-state index contributed by atoms with van der Waals surface area (Å²) in [6.45, 7) is 1.93. The van der Waals surface area contributed by atoms with Crippen LogP contribution in [-0.2, 0) is 5.41 Å². The van der Waals surface area contributed by atoms with Crippen LogP contribution in [0.1, 0.15) is 17.3 Å². The van der Waals surface area contributed by atoms with Crippen molar-refractivity contribution in [2.75, 3.05) is 0 Å². The first kappa shape index (κ1) is 15.5. The zero-order valence-corrected chi connectivity index (χ0v) is 15.4. The Kier molecular flexibility index (Phi) is 3.54. The number of carbonyl (C=O) groups is 1. The summed E-state index contributed by atoms with van der Waals surface area (Å²) >= 11 is 5.95. The Morgan fingerprint density at radius 3 is 2.83 bits per heavy atom. The van der Waals surface area contributed by atoms with Crippen LogP contribution >= 0.6 is 11.6 Å². The fourth-order valence-corrected chi connectivity index (χ4v) is 4.94. The van der Waals surface area contributed by atoms with Crippen LogP contribution in [0.2, 0.25) is 10.3 Å². The van der Waals surface area contributed by atoms with Gasteiger partial charge in [-0.2, -0.15) is 0 Å². The van der Waals surface area contributed by atoms with Gasteiger partial charge < -0.3 is 0 Å². The Balaban J connectivity index is 2.08. The molecule has 1 aromatic heterocycles. The van der Waals surface area contributed by atoms with Crippen LogP contribution in [0.4, 0.5) is 0 Å². The Bertz CT molecular complexity index is 1030. The third kappa shape index (κ3) is 2.06. The van der Waals surface area contributed by atoms with Crippen molar-refractivity contribution in [3.63, 3.8) is 0 Å². The maximum absolute atomic E-state index is 13.4. The van der Waals surface area contributed by atoms with E-state index in [4.69, 9.17) is 16.9 Å². The van der Waals surface area contributed by atoms with Crippen LogP contribution in [0.25, 0.3) is 22.2 Å². The molecule has 0 N–H and O–H groups in total. The number of hydrogen-bond donors (Lipinski definition) is 0. The fraction of sp³-hybridized carbons (Fsp3) is 0.158. The molecule has 1 aliphatic rings. The molecule has 1 aliphatic heterocycles. The summed E-state index contributed by atoms with van der Waals surface area (Å²) < 4.78 is 1.80. The van der Waals surface area contributed by atoms with E-state index in [0.717, 1.165) is 27.7 Å². The molecule has 0 saturated heterocycles. The number of fused-ring (bicyclic) bond motifs is 5. The van der Waals surface area contributed by atoms with Gasteiger partial charge in [0.25, 0.3) is 0 Å². The molecule has 0 radical (unpaired) electrons. The molecule has 4 rings (SSSR count).